The Balaban J connectivity index is 1.40. The lowest BCUT2D eigenvalue weighted by Gasteiger charge is -2.19. The fraction of sp³-hybridized carbons (Fsp3) is 0.240. The van der Waals surface area contributed by atoms with Gasteiger partial charge >= 0.3 is 0 Å². The fourth-order valence-corrected chi connectivity index (χ4v) is 4.60. The van der Waals surface area contributed by atoms with Crippen molar-refractivity contribution >= 4 is 21.6 Å². The monoisotopic (exact) mass is 466 g/mol. The molecule has 1 aliphatic rings. The Hall–Kier alpha value is -3.52. The van der Waals surface area contributed by atoms with Crippen molar-refractivity contribution in [3.8, 4) is 11.5 Å². The summed E-state index contributed by atoms with van der Waals surface area (Å²) in [6, 6.07) is 20.9. The number of benzene rings is 3. The maximum absolute atomic E-state index is 12.9. The summed E-state index contributed by atoms with van der Waals surface area (Å²) in [5, 5.41) is 2.98. The van der Waals surface area contributed by atoms with E-state index in [1.807, 2.05) is 25.1 Å². The van der Waals surface area contributed by atoms with E-state index >= 15 is 0 Å². The lowest BCUT2D eigenvalue weighted by molar-refractivity contribution is 0.0938. The molecule has 3 aromatic carbocycles. The second-order valence-corrected chi connectivity index (χ2v) is 9.57. The predicted molar refractivity (Wildman–Crippen MR) is 126 cm³/mol. The van der Waals surface area contributed by atoms with Gasteiger partial charge in [-0.3, -0.25) is 9.52 Å². The van der Waals surface area contributed by atoms with Gasteiger partial charge in [0.2, 0.25) is 0 Å². The summed E-state index contributed by atoms with van der Waals surface area (Å²) in [7, 11) is -3.87. The fourth-order valence-electron chi connectivity index (χ4n) is 3.54. The molecule has 4 rings (SSSR count). The molecule has 1 heterocycles. The maximum Gasteiger partial charge on any atom is 0.262 e. The van der Waals surface area contributed by atoms with Crippen LogP contribution < -0.4 is 19.5 Å². The van der Waals surface area contributed by atoms with E-state index in [9.17, 15) is 13.2 Å². The molecule has 3 aromatic rings. The third-order valence-corrected chi connectivity index (χ3v) is 6.67. The van der Waals surface area contributed by atoms with Crippen LogP contribution in [0.15, 0.2) is 77.7 Å². The summed E-state index contributed by atoms with van der Waals surface area (Å²) < 4.78 is 39.2. The Morgan fingerprint density at radius 1 is 0.939 bits per heavy atom. The van der Waals surface area contributed by atoms with Crippen molar-refractivity contribution in [3.05, 3.63) is 83.9 Å². The molecule has 0 saturated carbocycles. The van der Waals surface area contributed by atoms with Crippen LogP contribution in [0, 0.1) is 0 Å². The maximum atomic E-state index is 12.9. The Kier molecular flexibility index (Phi) is 6.84. The van der Waals surface area contributed by atoms with E-state index in [4.69, 9.17) is 9.47 Å². The number of sulfonamides is 1. The highest BCUT2D eigenvalue weighted by atomic mass is 32.2. The van der Waals surface area contributed by atoms with Crippen molar-refractivity contribution in [2.24, 2.45) is 0 Å². The van der Waals surface area contributed by atoms with Gasteiger partial charge in [0, 0.05) is 23.4 Å². The Labute approximate surface area is 193 Å². The van der Waals surface area contributed by atoms with E-state index in [1.165, 1.54) is 23.8 Å². The molecule has 0 radical (unpaired) electrons. The number of aryl methyl sites for hydroxylation is 1. The van der Waals surface area contributed by atoms with Gasteiger partial charge < -0.3 is 14.8 Å². The third kappa shape index (κ3) is 5.84. The van der Waals surface area contributed by atoms with Crippen molar-refractivity contribution in [1.82, 2.24) is 5.32 Å². The van der Waals surface area contributed by atoms with Crippen molar-refractivity contribution < 1.29 is 22.7 Å². The second kappa shape index (κ2) is 9.95. The summed E-state index contributed by atoms with van der Waals surface area (Å²) in [5.41, 5.74) is 1.90. The lowest BCUT2D eigenvalue weighted by Crippen LogP contribution is -2.32. The normalized spacial score (nSPS) is 13.7. The zero-order valence-corrected chi connectivity index (χ0v) is 19.1. The zero-order chi connectivity index (χ0) is 23.3. The van der Waals surface area contributed by atoms with Gasteiger partial charge in [0.25, 0.3) is 15.9 Å². The third-order valence-electron chi connectivity index (χ3n) is 5.29. The summed E-state index contributed by atoms with van der Waals surface area (Å²) in [5.74, 6) is 0.651. The molecule has 1 unspecified atom stereocenters. The average Bonchev–Trinajstić information content (AvgIpc) is 2.83. The highest BCUT2D eigenvalue weighted by Gasteiger charge is 2.20. The number of carbonyl (C=O) groups excluding carboxylic acids is 1. The van der Waals surface area contributed by atoms with Crippen LogP contribution in [0.4, 0.5) is 5.69 Å². The predicted octanol–water partition coefficient (Wildman–Crippen LogP) is 4.01. The molecule has 0 aromatic heterocycles. The van der Waals surface area contributed by atoms with Crippen LogP contribution in [-0.2, 0) is 16.4 Å². The van der Waals surface area contributed by atoms with Crippen molar-refractivity contribution in [1.29, 1.82) is 0 Å². The van der Waals surface area contributed by atoms with Crippen molar-refractivity contribution in [3.63, 3.8) is 0 Å². The van der Waals surface area contributed by atoms with Crippen LogP contribution in [0.25, 0.3) is 0 Å². The average molecular weight is 467 g/mol. The summed E-state index contributed by atoms with van der Waals surface area (Å²) in [6.07, 6.45) is 1.66. The molecule has 0 saturated heterocycles. The van der Waals surface area contributed by atoms with E-state index in [0.717, 1.165) is 12.8 Å². The molecule has 8 heteroatoms. The Morgan fingerprint density at radius 3 is 2.48 bits per heavy atom. The molecule has 0 bridgehead atoms. The number of carbonyl (C=O) groups is 1. The van der Waals surface area contributed by atoms with Crippen molar-refractivity contribution in [2.45, 2.75) is 30.7 Å². The summed E-state index contributed by atoms with van der Waals surface area (Å²) >= 11 is 0. The lowest BCUT2D eigenvalue weighted by atomic mass is 10.1. The van der Waals surface area contributed by atoms with E-state index in [1.54, 1.807) is 24.3 Å². The minimum atomic E-state index is -3.87. The van der Waals surface area contributed by atoms with Crippen LogP contribution in [0.3, 0.4) is 0 Å². The first-order valence-corrected chi connectivity index (χ1v) is 12.3. The highest BCUT2D eigenvalue weighted by molar-refractivity contribution is 7.92. The molecule has 1 atom stereocenters. The summed E-state index contributed by atoms with van der Waals surface area (Å²) in [6.45, 7) is 2.75. The Bertz CT molecular complexity index is 1230. The van der Waals surface area contributed by atoms with E-state index in [-0.39, 0.29) is 16.8 Å². The topological polar surface area (TPSA) is 93.7 Å². The number of amides is 1. The van der Waals surface area contributed by atoms with E-state index in [2.05, 4.69) is 22.2 Å². The molecular formula is C25H26N2O5S. The number of hydrogen-bond acceptors (Lipinski definition) is 5. The van der Waals surface area contributed by atoms with Gasteiger partial charge in [0.15, 0.2) is 11.5 Å². The van der Waals surface area contributed by atoms with Gasteiger partial charge in [-0.25, -0.2) is 8.42 Å². The number of rotatable bonds is 8. The van der Waals surface area contributed by atoms with Gasteiger partial charge in [-0.15, -0.1) is 0 Å². The minimum Gasteiger partial charge on any atom is -0.486 e. The van der Waals surface area contributed by atoms with Gasteiger partial charge in [0.1, 0.15) is 13.2 Å². The molecule has 33 heavy (non-hydrogen) atoms. The Morgan fingerprint density at radius 2 is 1.70 bits per heavy atom. The minimum absolute atomic E-state index is 0.0317. The van der Waals surface area contributed by atoms with Gasteiger partial charge in [0.05, 0.1) is 4.90 Å². The summed E-state index contributed by atoms with van der Waals surface area (Å²) in [4.78, 5) is 12.7. The molecule has 0 spiro atoms. The molecule has 172 valence electrons. The first kappa shape index (κ1) is 22.7. The number of fused-ring (bicyclic) bond motifs is 1. The van der Waals surface area contributed by atoms with Crippen LogP contribution in [-0.4, -0.2) is 33.6 Å². The molecule has 0 fully saturated rings. The molecule has 7 nitrogen and oxygen atoms in total. The highest BCUT2D eigenvalue weighted by Crippen LogP contribution is 2.32. The SMILES string of the molecule is CC(CCc1ccccc1)NC(=O)c1cccc(NS(=O)(=O)c2ccc3c(c2)OCCO3)c1. The first-order valence-electron chi connectivity index (χ1n) is 10.8. The smallest absolute Gasteiger partial charge is 0.262 e. The molecule has 1 aliphatic heterocycles. The van der Waals surface area contributed by atoms with Crippen LogP contribution in [0.5, 0.6) is 11.5 Å². The van der Waals surface area contributed by atoms with E-state index < -0.39 is 10.0 Å². The van der Waals surface area contributed by atoms with Crippen LogP contribution in [0.2, 0.25) is 0 Å². The van der Waals surface area contributed by atoms with Gasteiger partial charge in [-0.2, -0.15) is 0 Å². The number of anilines is 1. The second-order valence-electron chi connectivity index (χ2n) is 7.89. The first-order chi connectivity index (χ1) is 15.9. The standard InChI is InChI=1S/C25H26N2O5S/c1-18(10-11-19-6-3-2-4-7-19)26-25(28)20-8-5-9-21(16-20)27-33(29,30)22-12-13-23-24(17-22)32-15-14-31-23/h2-9,12-13,16-18,27H,10-11,14-15H2,1H3,(H,26,28). The number of nitrogens with one attached hydrogen (secondary N) is 2. The largest absolute Gasteiger partial charge is 0.486 e. The number of ether oxygens (including phenoxy) is 2. The molecule has 2 N–H and O–H groups in total. The van der Waals surface area contributed by atoms with E-state index in [0.29, 0.717) is 36.0 Å². The van der Waals surface area contributed by atoms with Gasteiger partial charge in [-0.05, 0) is 55.7 Å². The molecular weight excluding hydrogens is 440 g/mol. The number of hydrogen-bond donors (Lipinski definition) is 2. The molecule has 1 amide bonds. The zero-order valence-electron chi connectivity index (χ0n) is 18.3. The van der Waals surface area contributed by atoms with Crippen LogP contribution in [0.1, 0.15) is 29.3 Å². The van der Waals surface area contributed by atoms with Crippen LogP contribution >= 0.6 is 0 Å². The van der Waals surface area contributed by atoms with Gasteiger partial charge in [-0.1, -0.05) is 36.4 Å². The quantitative estimate of drug-likeness (QED) is 0.523. The molecule has 0 aliphatic carbocycles. The van der Waals surface area contributed by atoms with Crippen molar-refractivity contribution in [2.75, 3.05) is 17.9 Å².